The fourth-order valence-electron chi connectivity index (χ4n) is 2.34. The van der Waals surface area contributed by atoms with E-state index in [0.717, 1.165) is 24.1 Å². The first-order chi connectivity index (χ1) is 9.69. The Hall–Kier alpha value is -1.94. The highest BCUT2D eigenvalue weighted by molar-refractivity contribution is 5.32. The minimum atomic E-state index is -0.148. The van der Waals surface area contributed by atoms with E-state index in [0.29, 0.717) is 12.2 Å². The van der Waals surface area contributed by atoms with Gasteiger partial charge in [-0.15, -0.1) is 0 Å². The van der Waals surface area contributed by atoms with Crippen LogP contribution in [0.15, 0.2) is 42.6 Å². The molecule has 1 heterocycles. The van der Waals surface area contributed by atoms with E-state index < -0.39 is 0 Å². The molecule has 0 fully saturated rings. The molecule has 0 saturated heterocycles. The number of aromatic nitrogens is 1. The minimum absolute atomic E-state index is 0.148. The molecular formula is C16H20FN3. The highest BCUT2D eigenvalue weighted by Crippen LogP contribution is 2.13. The average molecular weight is 273 g/mol. The van der Waals surface area contributed by atoms with Gasteiger partial charge in [-0.2, -0.15) is 0 Å². The van der Waals surface area contributed by atoms with Gasteiger partial charge in [-0.1, -0.05) is 25.1 Å². The van der Waals surface area contributed by atoms with Crippen molar-refractivity contribution in [2.75, 3.05) is 12.3 Å². The number of hydrogen-bond acceptors (Lipinski definition) is 3. The number of nitrogens with zero attached hydrogens (tertiary/aromatic N) is 1. The van der Waals surface area contributed by atoms with E-state index >= 15 is 0 Å². The number of likely N-dealkylation sites (N-methyl/N-ethyl adjacent to an activating group) is 1. The third-order valence-corrected chi connectivity index (χ3v) is 3.24. The molecule has 0 radical (unpaired) electrons. The van der Waals surface area contributed by atoms with Crippen LogP contribution in [-0.2, 0) is 12.8 Å². The minimum Gasteiger partial charge on any atom is -0.384 e. The lowest BCUT2D eigenvalue weighted by Gasteiger charge is -2.18. The molecule has 3 N–H and O–H groups in total. The summed E-state index contributed by atoms with van der Waals surface area (Å²) in [6.07, 6.45) is 3.16. The summed E-state index contributed by atoms with van der Waals surface area (Å²) in [5, 5.41) is 3.40. The maximum absolute atomic E-state index is 13.7. The van der Waals surface area contributed by atoms with Gasteiger partial charge in [0.05, 0.1) is 0 Å². The van der Waals surface area contributed by atoms with Crippen LogP contribution in [0.4, 0.5) is 10.2 Å². The quantitative estimate of drug-likeness (QED) is 0.850. The Morgan fingerprint density at radius 3 is 2.75 bits per heavy atom. The Bertz CT molecular complexity index is 557. The summed E-state index contributed by atoms with van der Waals surface area (Å²) in [6.45, 7) is 2.90. The molecule has 3 nitrogen and oxygen atoms in total. The van der Waals surface area contributed by atoms with Crippen molar-refractivity contribution < 1.29 is 4.39 Å². The number of nitrogens with one attached hydrogen (secondary N) is 1. The molecule has 2 aromatic rings. The fraction of sp³-hybridized carbons (Fsp3) is 0.312. The van der Waals surface area contributed by atoms with Crippen molar-refractivity contribution in [3.63, 3.8) is 0 Å². The smallest absolute Gasteiger partial charge is 0.126 e. The van der Waals surface area contributed by atoms with Crippen LogP contribution in [0.1, 0.15) is 18.1 Å². The first-order valence-corrected chi connectivity index (χ1v) is 6.86. The van der Waals surface area contributed by atoms with Gasteiger partial charge in [0.15, 0.2) is 0 Å². The van der Waals surface area contributed by atoms with Gasteiger partial charge in [-0.05, 0) is 48.7 Å². The second-order valence-corrected chi connectivity index (χ2v) is 4.84. The largest absolute Gasteiger partial charge is 0.384 e. The number of hydrogen-bond donors (Lipinski definition) is 2. The monoisotopic (exact) mass is 273 g/mol. The summed E-state index contributed by atoms with van der Waals surface area (Å²) in [4.78, 5) is 3.99. The first kappa shape index (κ1) is 14.5. The molecule has 0 aliphatic carbocycles. The van der Waals surface area contributed by atoms with E-state index in [-0.39, 0.29) is 11.9 Å². The molecule has 1 aromatic carbocycles. The van der Waals surface area contributed by atoms with E-state index in [1.807, 2.05) is 24.3 Å². The van der Waals surface area contributed by atoms with Crippen molar-refractivity contribution in [1.29, 1.82) is 0 Å². The standard InChI is InChI=1S/C16H20FN3/c1-2-19-14(9-12-7-8-20-16(18)10-12)11-13-5-3-4-6-15(13)17/h3-8,10,14,19H,2,9,11H2,1H3,(H2,18,20). The third kappa shape index (κ3) is 4.03. The Labute approximate surface area is 119 Å². The summed E-state index contributed by atoms with van der Waals surface area (Å²) >= 11 is 0. The van der Waals surface area contributed by atoms with Crippen LogP contribution >= 0.6 is 0 Å². The molecule has 1 aromatic heterocycles. The Kier molecular flexibility index (Phi) is 5.07. The second kappa shape index (κ2) is 7.01. The number of pyridine rings is 1. The molecule has 2 rings (SSSR count). The number of nitrogens with two attached hydrogens (primary N) is 1. The third-order valence-electron chi connectivity index (χ3n) is 3.24. The molecule has 106 valence electrons. The lowest BCUT2D eigenvalue weighted by atomic mass is 9.99. The molecule has 1 atom stereocenters. The molecule has 0 aliphatic rings. The highest BCUT2D eigenvalue weighted by atomic mass is 19.1. The van der Waals surface area contributed by atoms with Crippen LogP contribution < -0.4 is 11.1 Å². The second-order valence-electron chi connectivity index (χ2n) is 4.84. The van der Waals surface area contributed by atoms with Gasteiger partial charge in [-0.3, -0.25) is 0 Å². The van der Waals surface area contributed by atoms with Crippen LogP contribution in [0.2, 0.25) is 0 Å². The molecule has 0 aliphatic heterocycles. The van der Waals surface area contributed by atoms with Crippen molar-refractivity contribution in [2.24, 2.45) is 0 Å². The summed E-state index contributed by atoms with van der Waals surface area (Å²) in [6, 6.07) is 10.9. The van der Waals surface area contributed by atoms with Crippen molar-refractivity contribution in [2.45, 2.75) is 25.8 Å². The Morgan fingerprint density at radius 2 is 2.05 bits per heavy atom. The molecule has 4 heteroatoms. The zero-order chi connectivity index (χ0) is 14.4. The molecule has 0 spiro atoms. The molecular weight excluding hydrogens is 253 g/mol. The average Bonchev–Trinajstić information content (AvgIpc) is 2.42. The molecule has 20 heavy (non-hydrogen) atoms. The van der Waals surface area contributed by atoms with Crippen LogP contribution in [0.3, 0.4) is 0 Å². The normalized spacial score (nSPS) is 12.3. The molecule has 0 bridgehead atoms. The van der Waals surface area contributed by atoms with Crippen molar-refractivity contribution in [3.05, 3.63) is 59.5 Å². The van der Waals surface area contributed by atoms with E-state index in [2.05, 4.69) is 17.2 Å². The predicted molar refractivity (Wildman–Crippen MR) is 79.9 cm³/mol. The summed E-state index contributed by atoms with van der Waals surface area (Å²) < 4.78 is 13.7. The van der Waals surface area contributed by atoms with Crippen molar-refractivity contribution >= 4 is 5.82 Å². The Morgan fingerprint density at radius 1 is 1.25 bits per heavy atom. The summed E-state index contributed by atoms with van der Waals surface area (Å²) in [5.41, 5.74) is 7.54. The number of nitrogen functional groups attached to an aromatic ring is 1. The first-order valence-electron chi connectivity index (χ1n) is 6.86. The lowest BCUT2D eigenvalue weighted by molar-refractivity contribution is 0.506. The van der Waals surface area contributed by atoms with Crippen LogP contribution in [0.25, 0.3) is 0 Å². The van der Waals surface area contributed by atoms with Gasteiger partial charge in [-0.25, -0.2) is 9.37 Å². The van der Waals surface area contributed by atoms with Gasteiger partial charge in [0, 0.05) is 12.2 Å². The van der Waals surface area contributed by atoms with Crippen LogP contribution in [0, 0.1) is 5.82 Å². The topological polar surface area (TPSA) is 50.9 Å². The number of rotatable bonds is 6. The zero-order valence-electron chi connectivity index (χ0n) is 11.6. The zero-order valence-corrected chi connectivity index (χ0v) is 11.6. The number of anilines is 1. The lowest BCUT2D eigenvalue weighted by Crippen LogP contribution is -2.33. The predicted octanol–water partition coefficient (Wildman–Crippen LogP) is 2.57. The van der Waals surface area contributed by atoms with E-state index in [1.54, 1.807) is 12.3 Å². The maximum atomic E-state index is 13.7. The van der Waals surface area contributed by atoms with Gasteiger partial charge >= 0.3 is 0 Å². The number of halogens is 1. The number of benzene rings is 1. The fourth-order valence-corrected chi connectivity index (χ4v) is 2.34. The SMILES string of the molecule is CCNC(Cc1ccnc(N)c1)Cc1ccccc1F. The molecule has 0 amide bonds. The van der Waals surface area contributed by atoms with E-state index in [9.17, 15) is 4.39 Å². The van der Waals surface area contributed by atoms with Crippen LogP contribution in [0.5, 0.6) is 0 Å². The van der Waals surface area contributed by atoms with Crippen molar-refractivity contribution in [1.82, 2.24) is 10.3 Å². The summed E-state index contributed by atoms with van der Waals surface area (Å²) in [7, 11) is 0. The Balaban J connectivity index is 2.09. The van der Waals surface area contributed by atoms with Gasteiger partial charge in [0.2, 0.25) is 0 Å². The summed E-state index contributed by atoms with van der Waals surface area (Å²) in [5.74, 6) is 0.369. The van der Waals surface area contributed by atoms with Crippen molar-refractivity contribution in [3.8, 4) is 0 Å². The van der Waals surface area contributed by atoms with E-state index in [4.69, 9.17) is 5.73 Å². The highest BCUT2D eigenvalue weighted by Gasteiger charge is 2.12. The molecule has 1 unspecified atom stereocenters. The van der Waals surface area contributed by atoms with Crippen LogP contribution in [-0.4, -0.2) is 17.6 Å². The van der Waals surface area contributed by atoms with Gasteiger partial charge in [0.1, 0.15) is 11.6 Å². The maximum Gasteiger partial charge on any atom is 0.126 e. The molecule has 0 saturated carbocycles. The van der Waals surface area contributed by atoms with Gasteiger partial charge in [0.25, 0.3) is 0 Å². The van der Waals surface area contributed by atoms with E-state index in [1.165, 1.54) is 6.07 Å². The van der Waals surface area contributed by atoms with Gasteiger partial charge < -0.3 is 11.1 Å².